The van der Waals surface area contributed by atoms with E-state index in [1.165, 1.54) is 23.1 Å². The summed E-state index contributed by atoms with van der Waals surface area (Å²) >= 11 is 18.9. The first-order chi connectivity index (χ1) is 22.9. The summed E-state index contributed by atoms with van der Waals surface area (Å²) in [6.07, 6.45) is 1.75. The molecular formula is C35H40Cl3N5O4S. The molecule has 2 N–H and O–H groups in total. The molecule has 13 heteroatoms. The van der Waals surface area contributed by atoms with Crippen LogP contribution in [-0.2, 0) is 32.4 Å². The van der Waals surface area contributed by atoms with Gasteiger partial charge in [-0.2, -0.15) is 0 Å². The van der Waals surface area contributed by atoms with Crippen molar-refractivity contribution in [3.05, 3.63) is 99.0 Å². The number of carbonyl (C=O) groups is 2. The van der Waals surface area contributed by atoms with Crippen LogP contribution in [0.1, 0.15) is 37.8 Å². The van der Waals surface area contributed by atoms with Crippen LogP contribution in [0.15, 0.2) is 77.7 Å². The molecule has 3 fully saturated rings. The second-order valence-electron chi connectivity index (χ2n) is 13.0. The standard InChI is InChI=1S/C35H40Cl3N5O4S/c1-23(2)42-22-35(48(46,47)32-13-12-27(37)19-29(32)38)40-20-31(41(28-14-16-39-17-15-28)21-25-6-4-3-5-7-25)34(45)43(35)30(33(42)44)18-24-8-10-26(36)11-9-24/h3-13,19,23,28,30-31,39-40H,14-18,20-22H2,1-2H3. The van der Waals surface area contributed by atoms with Gasteiger partial charge < -0.3 is 10.2 Å². The highest BCUT2D eigenvalue weighted by atomic mass is 35.5. The van der Waals surface area contributed by atoms with Gasteiger partial charge in [-0.05, 0) is 81.2 Å². The molecule has 6 rings (SSSR count). The Hall–Kier alpha value is -2.70. The Kier molecular flexibility index (Phi) is 10.4. The number of carbonyl (C=O) groups excluding carboxylic acids is 2. The smallest absolute Gasteiger partial charge is 0.246 e. The molecule has 0 aliphatic carbocycles. The number of benzene rings is 3. The van der Waals surface area contributed by atoms with Crippen molar-refractivity contribution in [3.8, 4) is 0 Å². The molecule has 3 aromatic carbocycles. The van der Waals surface area contributed by atoms with Crippen LogP contribution in [0.4, 0.5) is 0 Å². The van der Waals surface area contributed by atoms with Crippen LogP contribution in [0, 0.1) is 0 Å². The van der Waals surface area contributed by atoms with Crippen molar-refractivity contribution in [2.24, 2.45) is 0 Å². The molecule has 0 aromatic heterocycles. The molecule has 9 nitrogen and oxygen atoms in total. The topological polar surface area (TPSA) is 102 Å². The summed E-state index contributed by atoms with van der Waals surface area (Å²) in [4.78, 5) is 32.6. The Labute approximate surface area is 297 Å². The van der Waals surface area contributed by atoms with E-state index in [1.807, 2.05) is 44.2 Å². The van der Waals surface area contributed by atoms with E-state index in [9.17, 15) is 4.79 Å². The van der Waals surface area contributed by atoms with E-state index in [0.717, 1.165) is 37.1 Å². The lowest BCUT2D eigenvalue weighted by molar-refractivity contribution is -0.171. The lowest BCUT2D eigenvalue weighted by Crippen LogP contribution is -2.84. The third-order valence-electron chi connectivity index (χ3n) is 9.73. The molecule has 0 bridgehead atoms. The molecule has 3 aliphatic rings. The van der Waals surface area contributed by atoms with Crippen molar-refractivity contribution < 1.29 is 18.0 Å². The SMILES string of the molecule is CC(C)N1CC2(S(=O)(=O)c3ccc(Cl)cc3Cl)NCC(N(Cc3ccccc3)C3CCNCC3)C(=O)N2C(Cc2ccc(Cl)cc2)C1=O. The third-order valence-corrected chi connectivity index (χ3v) is 12.9. The zero-order valence-corrected chi connectivity index (χ0v) is 30.0. The molecule has 3 unspecified atom stereocenters. The first kappa shape index (κ1) is 35.1. The van der Waals surface area contributed by atoms with Crippen LogP contribution in [0.25, 0.3) is 0 Å². The number of nitrogens with one attached hydrogen (secondary N) is 2. The molecule has 0 saturated carbocycles. The van der Waals surface area contributed by atoms with Crippen molar-refractivity contribution in [1.29, 1.82) is 0 Å². The number of sulfone groups is 1. The molecule has 0 spiro atoms. The quantitative estimate of drug-likeness (QED) is 0.320. The van der Waals surface area contributed by atoms with E-state index in [2.05, 4.69) is 15.5 Å². The molecule has 2 amide bonds. The van der Waals surface area contributed by atoms with Crippen molar-refractivity contribution in [3.63, 3.8) is 0 Å². The minimum absolute atomic E-state index is 0.0594. The van der Waals surface area contributed by atoms with Crippen LogP contribution in [0.2, 0.25) is 15.1 Å². The van der Waals surface area contributed by atoms with Gasteiger partial charge in [0.05, 0.1) is 16.5 Å². The third kappa shape index (κ3) is 6.61. The van der Waals surface area contributed by atoms with Gasteiger partial charge in [-0.15, -0.1) is 0 Å². The molecule has 0 radical (unpaired) electrons. The first-order valence-corrected chi connectivity index (χ1v) is 18.9. The second-order valence-corrected chi connectivity index (χ2v) is 16.4. The van der Waals surface area contributed by atoms with Crippen molar-refractivity contribution in [2.45, 2.75) is 73.7 Å². The van der Waals surface area contributed by atoms with Crippen LogP contribution in [0.5, 0.6) is 0 Å². The maximum absolute atomic E-state index is 15.3. The highest BCUT2D eigenvalue weighted by Gasteiger charge is 2.64. The Morgan fingerprint density at radius 3 is 2.21 bits per heavy atom. The monoisotopic (exact) mass is 731 g/mol. The number of fused-ring (bicyclic) bond motifs is 1. The fourth-order valence-electron chi connectivity index (χ4n) is 7.24. The summed E-state index contributed by atoms with van der Waals surface area (Å²) in [6, 6.07) is 19.1. The Bertz CT molecular complexity index is 1760. The van der Waals surface area contributed by atoms with E-state index in [1.54, 1.807) is 29.2 Å². The molecule has 3 atom stereocenters. The van der Waals surface area contributed by atoms with Gasteiger partial charge >= 0.3 is 0 Å². The Morgan fingerprint density at radius 2 is 1.56 bits per heavy atom. The Balaban J connectivity index is 1.51. The summed E-state index contributed by atoms with van der Waals surface area (Å²) < 4.78 is 30.1. The zero-order valence-electron chi connectivity index (χ0n) is 26.9. The number of hydrogen-bond donors (Lipinski definition) is 2. The van der Waals surface area contributed by atoms with E-state index in [4.69, 9.17) is 34.8 Å². The van der Waals surface area contributed by atoms with Crippen LogP contribution >= 0.6 is 34.8 Å². The maximum Gasteiger partial charge on any atom is 0.246 e. The molecule has 3 aromatic rings. The number of piperazine rings is 1. The highest BCUT2D eigenvalue weighted by molar-refractivity contribution is 7.93. The number of piperidine rings is 1. The van der Waals surface area contributed by atoms with E-state index in [0.29, 0.717) is 11.6 Å². The van der Waals surface area contributed by atoms with Gasteiger partial charge in [-0.3, -0.25) is 24.7 Å². The van der Waals surface area contributed by atoms with Gasteiger partial charge in [-0.1, -0.05) is 77.3 Å². The molecule has 256 valence electrons. The normalized spacial score (nSPS) is 24.0. The van der Waals surface area contributed by atoms with Gasteiger partial charge in [-0.25, -0.2) is 8.42 Å². The minimum atomic E-state index is -4.46. The van der Waals surface area contributed by atoms with Crippen molar-refractivity contribution >= 4 is 56.5 Å². The number of nitrogens with zero attached hydrogens (tertiary/aromatic N) is 3. The van der Waals surface area contributed by atoms with Crippen molar-refractivity contribution in [1.82, 2.24) is 25.3 Å². The summed E-state index contributed by atoms with van der Waals surface area (Å²) in [6.45, 7) is 5.58. The Morgan fingerprint density at radius 1 is 0.896 bits per heavy atom. The predicted molar refractivity (Wildman–Crippen MR) is 189 cm³/mol. The second kappa shape index (κ2) is 14.3. The van der Waals surface area contributed by atoms with Gasteiger partial charge in [0, 0.05) is 41.6 Å². The van der Waals surface area contributed by atoms with E-state index >= 15 is 13.2 Å². The largest absolute Gasteiger partial charge is 0.334 e. The molecule has 3 saturated heterocycles. The van der Waals surface area contributed by atoms with Crippen molar-refractivity contribution in [2.75, 3.05) is 26.2 Å². The number of hydrogen-bond acceptors (Lipinski definition) is 7. The number of amides is 2. The first-order valence-electron chi connectivity index (χ1n) is 16.3. The van der Waals surface area contributed by atoms with Gasteiger partial charge in [0.2, 0.25) is 26.6 Å². The van der Waals surface area contributed by atoms with E-state index in [-0.39, 0.29) is 52.4 Å². The lowest BCUT2D eigenvalue weighted by Gasteiger charge is -2.58. The summed E-state index contributed by atoms with van der Waals surface area (Å²) in [7, 11) is -4.46. The van der Waals surface area contributed by atoms with Gasteiger partial charge in [0.25, 0.3) is 0 Å². The average molecular weight is 733 g/mol. The maximum atomic E-state index is 15.3. The number of rotatable bonds is 9. The fourth-order valence-corrected chi connectivity index (χ4v) is 10.1. The van der Waals surface area contributed by atoms with Gasteiger partial charge in [0.1, 0.15) is 12.1 Å². The van der Waals surface area contributed by atoms with Gasteiger partial charge in [0.15, 0.2) is 0 Å². The minimum Gasteiger partial charge on any atom is -0.334 e. The van der Waals surface area contributed by atoms with Crippen LogP contribution < -0.4 is 10.6 Å². The van der Waals surface area contributed by atoms with Crippen LogP contribution in [-0.4, -0.2) is 90.3 Å². The highest BCUT2D eigenvalue weighted by Crippen LogP contribution is 2.41. The number of halogens is 3. The fraction of sp³-hybridized carbons (Fsp3) is 0.429. The molecule has 3 heterocycles. The summed E-state index contributed by atoms with van der Waals surface area (Å²) in [5.74, 6) is -0.729. The average Bonchev–Trinajstić information content (AvgIpc) is 3.06. The van der Waals surface area contributed by atoms with Crippen LogP contribution in [0.3, 0.4) is 0 Å². The summed E-state index contributed by atoms with van der Waals surface area (Å²) in [5, 5.41) is 7.54. The molecular weight excluding hydrogens is 693 g/mol. The van der Waals surface area contributed by atoms with E-state index < -0.39 is 32.8 Å². The lowest BCUT2D eigenvalue weighted by atomic mass is 9.94. The zero-order chi connectivity index (χ0) is 34.2. The molecule has 3 aliphatic heterocycles. The molecule has 48 heavy (non-hydrogen) atoms. The predicted octanol–water partition coefficient (Wildman–Crippen LogP) is 4.99. The summed E-state index contributed by atoms with van der Waals surface area (Å²) in [5.41, 5.74) is 1.79.